The van der Waals surface area contributed by atoms with E-state index in [-0.39, 0.29) is 0 Å². The van der Waals surface area contributed by atoms with Gasteiger partial charge in [0.15, 0.2) is 11.2 Å². The first kappa shape index (κ1) is 19.9. The molecule has 156 valence electrons. The van der Waals surface area contributed by atoms with E-state index < -0.39 is 11.2 Å². The number of aromatic nitrogens is 6. The molecule has 0 spiro atoms. The molecule has 0 aliphatic carbocycles. The van der Waals surface area contributed by atoms with E-state index in [2.05, 4.69) is 23.8 Å². The van der Waals surface area contributed by atoms with Crippen molar-refractivity contribution in [1.82, 2.24) is 28.7 Å². The molecular formula is C22H26N6O2. The lowest BCUT2D eigenvalue weighted by atomic mass is 10.1. The average molecular weight is 406 g/mol. The molecule has 8 heteroatoms. The SMILES string of the molecule is Cc1nccn1Cc1nc2c(c(=O)[nH]c(=O)n2Cc2ccccc2)n1CCC(C)C. The highest BCUT2D eigenvalue weighted by atomic mass is 16.2. The van der Waals surface area contributed by atoms with Gasteiger partial charge in [-0.25, -0.2) is 14.8 Å². The topological polar surface area (TPSA) is 90.5 Å². The Kier molecular flexibility index (Phi) is 5.39. The van der Waals surface area contributed by atoms with E-state index in [0.29, 0.717) is 36.7 Å². The molecule has 0 unspecified atom stereocenters. The summed E-state index contributed by atoms with van der Waals surface area (Å²) in [6.45, 7) is 7.71. The van der Waals surface area contributed by atoms with Crippen LogP contribution >= 0.6 is 0 Å². The molecule has 0 saturated carbocycles. The second-order valence-corrected chi connectivity index (χ2v) is 7.97. The summed E-state index contributed by atoms with van der Waals surface area (Å²) in [5.74, 6) is 2.08. The second-order valence-electron chi connectivity index (χ2n) is 7.97. The van der Waals surface area contributed by atoms with Gasteiger partial charge in [0, 0.05) is 18.9 Å². The smallest absolute Gasteiger partial charge is 0.328 e. The largest absolute Gasteiger partial charge is 0.330 e. The zero-order valence-electron chi connectivity index (χ0n) is 17.5. The van der Waals surface area contributed by atoms with Crippen molar-refractivity contribution < 1.29 is 0 Å². The number of hydrogen-bond acceptors (Lipinski definition) is 4. The highest BCUT2D eigenvalue weighted by Gasteiger charge is 2.19. The van der Waals surface area contributed by atoms with Crippen LogP contribution in [0.2, 0.25) is 0 Å². The van der Waals surface area contributed by atoms with Gasteiger partial charge in [0.2, 0.25) is 0 Å². The minimum atomic E-state index is -0.449. The summed E-state index contributed by atoms with van der Waals surface area (Å²) in [6, 6.07) is 9.69. The Morgan fingerprint density at radius 3 is 2.50 bits per heavy atom. The number of nitrogens with one attached hydrogen (secondary N) is 1. The zero-order valence-corrected chi connectivity index (χ0v) is 17.5. The van der Waals surface area contributed by atoms with Crippen LogP contribution in [0.3, 0.4) is 0 Å². The monoisotopic (exact) mass is 406 g/mol. The van der Waals surface area contributed by atoms with Crippen LogP contribution in [-0.2, 0) is 19.6 Å². The lowest BCUT2D eigenvalue weighted by molar-refractivity contribution is 0.506. The predicted octanol–water partition coefficient (Wildman–Crippen LogP) is 2.53. The third kappa shape index (κ3) is 3.85. The highest BCUT2D eigenvalue weighted by Crippen LogP contribution is 2.17. The van der Waals surface area contributed by atoms with Crippen LogP contribution in [0.1, 0.15) is 37.5 Å². The van der Waals surface area contributed by atoms with Gasteiger partial charge in [-0.05, 0) is 24.8 Å². The number of rotatable bonds is 7. The van der Waals surface area contributed by atoms with E-state index in [1.807, 2.05) is 52.6 Å². The van der Waals surface area contributed by atoms with Crippen molar-refractivity contribution in [3.8, 4) is 0 Å². The van der Waals surface area contributed by atoms with E-state index in [4.69, 9.17) is 4.98 Å². The van der Waals surface area contributed by atoms with Gasteiger partial charge in [0.1, 0.15) is 11.6 Å². The first-order chi connectivity index (χ1) is 14.4. The van der Waals surface area contributed by atoms with Crippen LogP contribution < -0.4 is 11.2 Å². The maximum absolute atomic E-state index is 12.8. The Hall–Kier alpha value is -3.42. The molecule has 30 heavy (non-hydrogen) atoms. The highest BCUT2D eigenvalue weighted by molar-refractivity contribution is 5.71. The predicted molar refractivity (Wildman–Crippen MR) is 116 cm³/mol. The summed E-state index contributed by atoms with van der Waals surface area (Å²) < 4.78 is 5.48. The third-order valence-corrected chi connectivity index (χ3v) is 5.31. The standard InChI is InChI=1S/C22H26N6O2/c1-15(2)9-11-27-18(14-26-12-10-23-16(26)3)24-20-19(27)21(29)25-22(30)28(20)13-17-7-5-4-6-8-17/h4-8,10,12,15H,9,11,13-14H2,1-3H3,(H,25,29,30). The van der Waals surface area contributed by atoms with E-state index in [9.17, 15) is 9.59 Å². The van der Waals surface area contributed by atoms with Crippen molar-refractivity contribution in [3.63, 3.8) is 0 Å². The molecule has 3 heterocycles. The minimum Gasteiger partial charge on any atom is -0.328 e. The van der Waals surface area contributed by atoms with E-state index in [0.717, 1.165) is 23.6 Å². The molecule has 1 N–H and O–H groups in total. The van der Waals surface area contributed by atoms with Gasteiger partial charge in [0.25, 0.3) is 5.56 Å². The summed E-state index contributed by atoms with van der Waals surface area (Å²) in [5.41, 5.74) is 0.985. The maximum atomic E-state index is 12.8. The number of imidazole rings is 2. The minimum absolute atomic E-state index is 0.345. The van der Waals surface area contributed by atoms with Crippen molar-refractivity contribution in [2.45, 2.75) is 46.8 Å². The van der Waals surface area contributed by atoms with E-state index >= 15 is 0 Å². The third-order valence-electron chi connectivity index (χ3n) is 5.31. The Balaban J connectivity index is 1.89. The van der Waals surface area contributed by atoms with Crippen molar-refractivity contribution in [3.05, 3.63) is 80.8 Å². The molecule has 0 atom stereocenters. The summed E-state index contributed by atoms with van der Waals surface area (Å²) in [4.78, 5) is 37.0. The lowest BCUT2D eigenvalue weighted by Gasteiger charge is -2.12. The van der Waals surface area contributed by atoms with Crippen molar-refractivity contribution in [2.75, 3.05) is 0 Å². The number of aromatic amines is 1. The summed E-state index contributed by atoms with van der Waals surface area (Å²) >= 11 is 0. The Bertz CT molecular complexity index is 1280. The first-order valence-electron chi connectivity index (χ1n) is 10.2. The van der Waals surface area contributed by atoms with Crippen molar-refractivity contribution in [1.29, 1.82) is 0 Å². The molecule has 0 radical (unpaired) electrons. The molecule has 0 saturated heterocycles. The van der Waals surface area contributed by atoms with Gasteiger partial charge in [0.05, 0.1) is 13.1 Å². The van der Waals surface area contributed by atoms with Crippen molar-refractivity contribution in [2.24, 2.45) is 5.92 Å². The number of benzene rings is 1. The van der Waals surface area contributed by atoms with E-state index in [1.165, 1.54) is 0 Å². The molecule has 1 aromatic carbocycles. The van der Waals surface area contributed by atoms with Crippen molar-refractivity contribution >= 4 is 11.2 Å². The van der Waals surface area contributed by atoms with Crippen LogP contribution in [-0.4, -0.2) is 28.7 Å². The van der Waals surface area contributed by atoms with Gasteiger partial charge in [-0.15, -0.1) is 0 Å². The Morgan fingerprint density at radius 1 is 1.07 bits per heavy atom. The van der Waals surface area contributed by atoms with Crippen LogP contribution in [0.15, 0.2) is 52.3 Å². The molecule has 8 nitrogen and oxygen atoms in total. The van der Waals surface area contributed by atoms with Gasteiger partial charge < -0.3 is 9.13 Å². The van der Waals surface area contributed by atoms with Gasteiger partial charge in [-0.3, -0.25) is 14.3 Å². The molecule has 0 aliphatic rings. The lowest BCUT2D eigenvalue weighted by Crippen LogP contribution is -2.31. The normalized spacial score (nSPS) is 11.6. The number of H-pyrrole nitrogens is 1. The zero-order chi connectivity index (χ0) is 21.3. The molecule has 4 aromatic rings. The van der Waals surface area contributed by atoms with Crippen LogP contribution in [0.25, 0.3) is 11.2 Å². The summed E-state index contributed by atoms with van der Waals surface area (Å²) in [6.07, 6.45) is 4.54. The van der Waals surface area contributed by atoms with Gasteiger partial charge in [-0.2, -0.15) is 0 Å². The molecule has 0 aliphatic heterocycles. The molecule has 0 bridgehead atoms. The fraction of sp³-hybridized carbons (Fsp3) is 0.364. The number of aryl methyl sites for hydroxylation is 2. The number of fused-ring (bicyclic) bond motifs is 1. The molecule has 0 amide bonds. The summed E-state index contributed by atoms with van der Waals surface area (Å²) in [5, 5.41) is 0. The van der Waals surface area contributed by atoms with Crippen LogP contribution in [0.4, 0.5) is 0 Å². The summed E-state index contributed by atoms with van der Waals surface area (Å²) in [7, 11) is 0. The Morgan fingerprint density at radius 2 is 1.83 bits per heavy atom. The van der Waals surface area contributed by atoms with Crippen LogP contribution in [0.5, 0.6) is 0 Å². The fourth-order valence-corrected chi connectivity index (χ4v) is 3.60. The van der Waals surface area contributed by atoms with Gasteiger partial charge in [-0.1, -0.05) is 44.2 Å². The van der Waals surface area contributed by atoms with E-state index in [1.54, 1.807) is 10.8 Å². The molecule has 4 rings (SSSR count). The molecule has 0 fully saturated rings. The fourth-order valence-electron chi connectivity index (χ4n) is 3.60. The maximum Gasteiger partial charge on any atom is 0.330 e. The Labute approximate surface area is 173 Å². The second kappa shape index (κ2) is 8.14. The van der Waals surface area contributed by atoms with Gasteiger partial charge >= 0.3 is 5.69 Å². The first-order valence-corrected chi connectivity index (χ1v) is 10.2. The quantitative estimate of drug-likeness (QED) is 0.511. The molecule has 3 aromatic heterocycles. The van der Waals surface area contributed by atoms with Crippen LogP contribution in [0, 0.1) is 12.8 Å². The number of hydrogen-bond donors (Lipinski definition) is 1. The number of nitrogens with zero attached hydrogens (tertiary/aromatic N) is 5. The average Bonchev–Trinajstić information content (AvgIpc) is 3.28. The molecular weight excluding hydrogens is 380 g/mol.